The van der Waals surface area contributed by atoms with Crippen molar-refractivity contribution in [3.63, 3.8) is 0 Å². The van der Waals surface area contributed by atoms with Gasteiger partial charge in [0.1, 0.15) is 12.6 Å². The average molecular weight is 372 g/mol. The molecule has 0 aliphatic carbocycles. The van der Waals surface area contributed by atoms with E-state index in [2.05, 4.69) is 20.8 Å². The highest BCUT2D eigenvalue weighted by atomic mass is 16.5. The van der Waals surface area contributed by atoms with E-state index in [9.17, 15) is 9.59 Å². The van der Waals surface area contributed by atoms with Gasteiger partial charge in [0.05, 0.1) is 0 Å². The van der Waals surface area contributed by atoms with Crippen molar-refractivity contribution in [1.82, 2.24) is 15.5 Å². The zero-order valence-electron chi connectivity index (χ0n) is 16.5. The summed E-state index contributed by atoms with van der Waals surface area (Å²) in [6.07, 6.45) is -0.634. The number of aromatic amines is 1. The number of aromatic nitrogens is 2. The van der Waals surface area contributed by atoms with E-state index in [0.29, 0.717) is 5.82 Å². The first kappa shape index (κ1) is 20.5. The third-order valence-corrected chi connectivity index (χ3v) is 4.07. The summed E-state index contributed by atoms with van der Waals surface area (Å²) in [5, 5.41) is 12.4. The third-order valence-electron chi connectivity index (χ3n) is 4.07. The molecule has 0 aliphatic heterocycles. The summed E-state index contributed by atoms with van der Waals surface area (Å²) >= 11 is 0. The molecule has 0 bridgehead atoms. The van der Waals surface area contributed by atoms with E-state index in [1.54, 1.807) is 6.07 Å². The smallest absolute Gasteiger partial charge is 0.408 e. The second kappa shape index (κ2) is 8.70. The highest BCUT2D eigenvalue weighted by Crippen LogP contribution is 2.22. The van der Waals surface area contributed by atoms with Crippen LogP contribution in [-0.2, 0) is 21.6 Å². The topological polar surface area (TPSA) is 96.1 Å². The third kappa shape index (κ3) is 6.13. The average Bonchev–Trinajstić information content (AvgIpc) is 3.07. The van der Waals surface area contributed by atoms with Crippen molar-refractivity contribution in [2.45, 2.75) is 52.7 Å². The maximum absolute atomic E-state index is 12.6. The predicted molar refractivity (Wildman–Crippen MR) is 104 cm³/mol. The predicted octanol–water partition coefficient (Wildman–Crippen LogP) is 3.60. The number of carbonyl (C=O) groups excluding carboxylic acids is 2. The SMILES string of the molecule is CC(C)[C@H](NC(=O)OCc1ccccc1)C(=O)Nc1cc(C(C)(C)C)[nH]n1. The summed E-state index contributed by atoms with van der Waals surface area (Å²) in [6, 6.07) is 10.4. The Balaban J connectivity index is 1.94. The van der Waals surface area contributed by atoms with Crippen molar-refractivity contribution in [3.8, 4) is 0 Å². The number of amides is 2. The maximum atomic E-state index is 12.6. The second-order valence-electron chi connectivity index (χ2n) is 7.83. The second-order valence-corrected chi connectivity index (χ2v) is 7.83. The van der Waals surface area contributed by atoms with Crippen LogP contribution in [0.5, 0.6) is 0 Å². The molecule has 0 radical (unpaired) electrons. The van der Waals surface area contributed by atoms with E-state index in [1.165, 1.54) is 0 Å². The summed E-state index contributed by atoms with van der Waals surface area (Å²) < 4.78 is 5.21. The van der Waals surface area contributed by atoms with Gasteiger partial charge in [-0.05, 0) is 11.5 Å². The molecule has 0 saturated carbocycles. The molecule has 0 aliphatic rings. The fraction of sp³-hybridized carbons (Fsp3) is 0.450. The van der Waals surface area contributed by atoms with Gasteiger partial charge in [0.15, 0.2) is 5.82 Å². The van der Waals surface area contributed by atoms with Crippen molar-refractivity contribution >= 4 is 17.8 Å². The van der Waals surface area contributed by atoms with Crippen LogP contribution in [0.25, 0.3) is 0 Å². The van der Waals surface area contributed by atoms with Crippen LogP contribution in [0, 0.1) is 5.92 Å². The molecular formula is C20H28N4O3. The largest absolute Gasteiger partial charge is 0.445 e. The summed E-state index contributed by atoms with van der Waals surface area (Å²) in [4.78, 5) is 24.7. The number of ether oxygens (including phenoxy) is 1. The number of H-pyrrole nitrogens is 1. The minimum absolute atomic E-state index is 0.104. The Morgan fingerprint density at radius 1 is 1.19 bits per heavy atom. The Morgan fingerprint density at radius 3 is 2.41 bits per heavy atom. The van der Waals surface area contributed by atoms with E-state index < -0.39 is 12.1 Å². The van der Waals surface area contributed by atoms with Crippen LogP contribution in [0.15, 0.2) is 36.4 Å². The minimum Gasteiger partial charge on any atom is -0.445 e. The first-order valence-corrected chi connectivity index (χ1v) is 9.01. The van der Waals surface area contributed by atoms with Gasteiger partial charge in [0.2, 0.25) is 5.91 Å². The molecule has 146 valence electrons. The first-order chi connectivity index (χ1) is 12.7. The highest BCUT2D eigenvalue weighted by molar-refractivity contribution is 5.96. The maximum Gasteiger partial charge on any atom is 0.408 e. The Hall–Kier alpha value is -2.83. The Kier molecular flexibility index (Phi) is 6.60. The summed E-state index contributed by atoms with van der Waals surface area (Å²) in [5.41, 5.74) is 1.69. The number of hydrogen-bond donors (Lipinski definition) is 3. The van der Waals surface area contributed by atoms with E-state index in [0.717, 1.165) is 11.3 Å². The fourth-order valence-electron chi connectivity index (χ4n) is 2.40. The monoisotopic (exact) mass is 372 g/mol. The van der Waals surface area contributed by atoms with Crippen LogP contribution < -0.4 is 10.6 Å². The molecule has 3 N–H and O–H groups in total. The highest BCUT2D eigenvalue weighted by Gasteiger charge is 2.26. The van der Waals surface area contributed by atoms with Crippen LogP contribution in [0.4, 0.5) is 10.6 Å². The Morgan fingerprint density at radius 2 is 1.85 bits per heavy atom. The van der Waals surface area contributed by atoms with Crippen LogP contribution in [0.1, 0.15) is 45.9 Å². The Bertz CT molecular complexity index is 763. The molecular weight excluding hydrogens is 344 g/mol. The van der Waals surface area contributed by atoms with E-state index in [4.69, 9.17) is 4.74 Å². The van der Waals surface area contributed by atoms with Gasteiger partial charge >= 0.3 is 6.09 Å². The standard InChI is InChI=1S/C20H28N4O3/c1-13(2)17(22-19(26)27-12-14-9-7-6-8-10-14)18(25)21-16-11-15(23-24-16)20(3,4)5/h6-11,13,17H,12H2,1-5H3,(H,22,26)(H2,21,23,24,25)/t17-/m0/s1. The molecule has 7 heteroatoms. The normalized spacial score (nSPS) is 12.5. The van der Waals surface area contributed by atoms with Crippen molar-refractivity contribution in [2.24, 2.45) is 5.92 Å². The number of anilines is 1. The van der Waals surface area contributed by atoms with Gasteiger partial charge in [0, 0.05) is 17.2 Å². The van der Waals surface area contributed by atoms with E-state index >= 15 is 0 Å². The molecule has 2 aromatic rings. The molecule has 1 atom stereocenters. The lowest BCUT2D eigenvalue weighted by Crippen LogP contribution is -2.47. The lowest BCUT2D eigenvalue weighted by molar-refractivity contribution is -0.119. The van der Waals surface area contributed by atoms with Gasteiger partial charge in [-0.3, -0.25) is 9.89 Å². The molecule has 1 heterocycles. The van der Waals surface area contributed by atoms with Crippen LogP contribution >= 0.6 is 0 Å². The van der Waals surface area contributed by atoms with Gasteiger partial charge in [-0.2, -0.15) is 5.10 Å². The van der Waals surface area contributed by atoms with Crippen LogP contribution in [0.2, 0.25) is 0 Å². The van der Waals surface area contributed by atoms with Gasteiger partial charge in [-0.25, -0.2) is 4.79 Å². The number of nitrogens with one attached hydrogen (secondary N) is 3. The summed E-state index contributed by atoms with van der Waals surface area (Å²) in [6.45, 7) is 10.0. The molecule has 2 rings (SSSR count). The van der Waals surface area contributed by atoms with E-state index in [1.807, 2.05) is 65.0 Å². The molecule has 27 heavy (non-hydrogen) atoms. The molecule has 0 spiro atoms. The number of benzene rings is 1. The van der Waals surface area contributed by atoms with Crippen LogP contribution in [-0.4, -0.2) is 28.2 Å². The summed E-state index contributed by atoms with van der Waals surface area (Å²) in [5.74, 6) is -0.0287. The Labute approximate surface area is 159 Å². The minimum atomic E-state index is -0.733. The summed E-state index contributed by atoms with van der Waals surface area (Å²) in [7, 11) is 0. The van der Waals surface area contributed by atoms with Crippen molar-refractivity contribution < 1.29 is 14.3 Å². The van der Waals surface area contributed by atoms with Crippen LogP contribution in [0.3, 0.4) is 0 Å². The lowest BCUT2D eigenvalue weighted by atomic mass is 9.92. The molecule has 1 aromatic heterocycles. The number of nitrogens with zero attached hydrogens (tertiary/aromatic N) is 1. The first-order valence-electron chi connectivity index (χ1n) is 9.01. The molecule has 7 nitrogen and oxygen atoms in total. The number of alkyl carbamates (subject to hydrolysis) is 1. The zero-order chi connectivity index (χ0) is 20.0. The fourth-order valence-corrected chi connectivity index (χ4v) is 2.40. The van der Waals surface area contributed by atoms with Crippen molar-refractivity contribution in [1.29, 1.82) is 0 Å². The number of hydrogen-bond acceptors (Lipinski definition) is 4. The van der Waals surface area contributed by atoms with Gasteiger partial charge in [-0.1, -0.05) is 65.0 Å². The lowest BCUT2D eigenvalue weighted by Gasteiger charge is -2.21. The number of rotatable bonds is 6. The van der Waals surface area contributed by atoms with Gasteiger partial charge in [-0.15, -0.1) is 0 Å². The molecule has 0 unspecified atom stereocenters. The molecule has 0 saturated heterocycles. The van der Waals surface area contributed by atoms with Crippen molar-refractivity contribution in [2.75, 3.05) is 5.32 Å². The van der Waals surface area contributed by atoms with Crippen molar-refractivity contribution in [3.05, 3.63) is 47.7 Å². The number of carbonyl (C=O) groups is 2. The molecule has 1 aromatic carbocycles. The van der Waals surface area contributed by atoms with E-state index in [-0.39, 0.29) is 23.8 Å². The van der Waals surface area contributed by atoms with Gasteiger partial charge in [0.25, 0.3) is 0 Å². The molecule has 2 amide bonds. The van der Waals surface area contributed by atoms with Gasteiger partial charge < -0.3 is 15.4 Å². The zero-order valence-corrected chi connectivity index (χ0v) is 16.5. The quantitative estimate of drug-likeness (QED) is 0.722. The molecule has 0 fully saturated rings.